The number of amides is 1. The smallest absolute Gasteiger partial charge is 0.410 e. The first-order valence-corrected chi connectivity index (χ1v) is 6.90. The van der Waals surface area contributed by atoms with Crippen molar-refractivity contribution in [3.63, 3.8) is 0 Å². The fourth-order valence-corrected chi connectivity index (χ4v) is 4.00. The molecule has 3 nitrogen and oxygen atoms in total. The van der Waals surface area contributed by atoms with Crippen LogP contribution in [0.4, 0.5) is 4.79 Å². The summed E-state index contributed by atoms with van der Waals surface area (Å²) in [5.41, 5.74) is -0.370. The van der Waals surface area contributed by atoms with E-state index in [-0.39, 0.29) is 11.7 Å². The molecule has 1 amide bonds. The van der Waals surface area contributed by atoms with Crippen LogP contribution in [0.3, 0.4) is 0 Å². The molecule has 17 heavy (non-hydrogen) atoms. The van der Waals surface area contributed by atoms with Gasteiger partial charge in [0.1, 0.15) is 5.60 Å². The Bertz CT molecular complexity index is 330. The van der Waals surface area contributed by atoms with E-state index in [1.807, 2.05) is 25.7 Å². The zero-order valence-corrected chi connectivity index (χ0v) is 11.1. The van der Waals surface area contributed by atoms with E-state index in [9.17, 15) is 4.79 Å². The first-order valence-electron chi connectivity index (χ1n) is 6.90. The number of hydrogen-bond acceptors (Lipinski definition) is 2. The molecule has 96 valence electrons. The molecule has 0 N–H and O–H groups in total. The van der Waals surface area contributed by atoms with Gasteiger partial charge in [0.15, 0.2) is 0 Å². The van der Waals surface area contributed by atoms with E-state index >= 15 is 0 Å². The Hall–Kier alpha value is -0.730. The van der Waals surface area contributed by atoms with Gasteiger partial charge in [-0.15, -0.1) is 0 Å². The van der Waals surface area contributed by atoms with Crippen molar-refractivity contribution in [3.8, 4) is 0 Å². The van der Waals surface area contributed by atoms with Crippen LogP contribution in [0.25, 0.3) is 0 Å². The SMILES string of the molecule is CC(C)(C)OC(=O)N1CC2CC3CC(C1)C3C2. The van der Waals surface area contributed by atoms with Gasteiger partial charge in [0, 0.05) is 13.1 Å². The lowest BCUT2D eigenvalue weighted by atomic mass is 9.66. The van der Waals surface area contributed by atoms with Gasteiger partial charge in [-0.2, -0.15) is 0 Å². The van der Waals surface area contributed by atoms with Gasteiger partial charge in [0.2, 0.25) is 0 Å². The average Bonchev–Trinajstić information content (AvgIpc) is 2.33. The van der Waals surface area contributed by atoms with Gasteiger partial charge in [-0.05, 0) is 63.7 Å². The zero-order chi connectivity index (χ0) is 12.2. The number of hydrogen-bond donors (Lipinski definition) is 0. The normalized spacial score (nSPS) is 39.6. The summed E-state index contributed by atoms with van der Waals surface area (Å²) in [5.74, 6) is 3.42. The molecule has 2 saturated carbocycles. The summed E-state index contributed by atoms with van der Waals surface area (Å²) in [6.45, 7) is 7.68. The van der Waals surface area contributed by atoms with Crippen LogP contribution in [0, 0.1) is 23.7 Å². The first kappa shape index (κ1) is 11.4. The van der Waals surface area contributed by atoms with E-state index in [1.165, 1.54) is 19.3 Å². The summed E-state index contributed by atoms with van der Waals surface area (Å²) in [6, 6.07) is 0. The zero-order valence-electron chi connectivity index (χ0n) is 11.1. The molecule has 0 radical (unpaired) electrons. The first-order chi connectivity index (χ1) is 7.92. The summed E-state index contributed by atoms with van der Waals surface area (Å²) >= 11 is 0. The average molecular weight is 237 g/mol. The van der Waals surface area contributed by atoms with Gasteiger partial charge < -0.3 is 9.64 Å². The van der Waals surface area contributed by atoms with Crippen molar-refractivity contribution in [1.82, 2.24) is 4.90 Å². The minimum atomic E-state index is -0.370. The third kappa shape index (κ3) is 2.04. The van der Waals surface area contributed by atoms with Crippen molar-refractivity contribution in [2.45, 2.75) is 45.6 Å². The molecule has 1 aliphatic heterocycles. The predicted octanol–water partition coefficient (Wildman–Crippen LogP) is 2.90. The van der Waals surface area contributed by atoms with E-state index in [0.717, 1.165) is 36.8 Å². The van der Waals surface area contributed by atoms with Crippen LogP contribution in [0.2, 0.25) is 0 Å². The van der Waals surface area contributed by atoms with E-state index < -0.39 is 0 Å². The Kier molecular flexibility index (Phi) is 2.43. The van der Waals surface area contributed by atoms with Crippen LogP contribution in [-0.2, 0) is 4.74 Å². The number of carbonyl (C=O) groups is 1. The number of rotatable bonds is 0. The quantitative estimate of drug-likeness (QED) is 0.648. The lowest BCUT2D eigenvalue weighted by Gasteiger charge is -2.43. The maximum absolute atomic E-state index is 12.1. The van der Waals surface area contributed by atoms with E-state index in [2.05, 4.69) is 0 Å². The third-order valence-electron chi connectivity index (χ3n) is 4.64. The fourth-order valence-electron chi connectivity index (χ4n) is 4.00. The summed E-state index contributed by atoms with van der Waals surface area (Å²) in [6.07, 6.45) is 3.95. The highest BCUT2D eigenvalue weighted by Gasteiger charge is 2.51. The second kappa shape index (κ2) is 3.63. The topological polar surface area (TPSA) is 29.5 Å². The minimum Gasteiger partial charge on any atom is -0.444 e. The summed E-state index contributed by atoms with van der Waals surface area (Å²) in [4.78, 5) is 14.1. The Morgan fingerprint density at radius 3 is 2.59 bits per heavy atom. The molecule has 2 bridgehead atoms. The highest BCUT2D eigenvalue weighted by Crippen LogP contribution is 2.55. The van der Waals surface area contributed by atoms with E-state index in [0.29, 0.717) is 0 Å². The number of carbonyl (C=O) groups excluding carboxylic acids is 1. The van der Waals surface area contributed by atoms with E-state index in [1.54, 1.807) is 0 Å². The van der Waals surface area contributed by atoms with Gasteiger partial charge in [-0.25, -0.2) is 4.79 Å². The molecule has 0 spiro atoms. The van der Waals surface area contributed by atoms with Crippen LogP contribution >= 0.6 is 0 Å². The van der Waals surface area contributed by atoms with Crippen molar-refractivity contribution in [1.29, 1.82) is 0 Å². The van der Waals surface area contributed by atoms with Crippen molar-refractivity contribution in [3.05, 3.63) is 0 Å². The summed E-state index contributed by atoms with van der Waals surface area (Å²) < 4.78 is 5.49. The molecular formula is C14H23NO2. The van der Waals surface area contributed by atoms with Crippen molar-refractivity contribution in [2.24, 2.45) is 23.7 Å². The molecule has 4 unspecified atom stereocenters. The second-order valence-corrected chi connectivity index (χ2v) is 7.14. The van der Waals surface area contributed by atoms with Crippen LogP contribution in [0.15, 0.2) is 0 Å². The largest absolute Gasteiger partial charge is 0.444 e. The highest BCUT2D eigenvalue weighted by molar-refractivity contribution is 5.68. The molecule has 0 aromatic heterocycles. The molecule has 3 heteroatoms. The molecule has 1 saturated heterocycles. The molecule has 3 rings (SSSR count). The van der Waals surface area contributed by atoms with Crippen LogP contribution < -0.4 is 0 Å². The van der Waals surface area contributed by atoms with Crippen molar-refractivity contribution < 1.29 is 9.53 Å². The Labute approximate surface area is 104 Å². The number of fused-ring (bicyclic) bond motifs is 1. The Morgan fingerprint density at radius 1 is 1.12 bits per heavy atom. The van der Waals surface area contributed by atoms with E-state index in [4.69, 9.17) is 4.74 Å². The summed E-state index contributed by atoms with van der Waals surface area (Å²) in [7, 11) is 0. The number of likely N-dealkylation sites (tertiary alicyclic amines) is 1. The van der Waals surface area contributed by atoms with Gasteiger partial charge >= 0.3 is 6.09 Å². The molecule has 2 aliphatic carbocycles. The lowest BCUT2D eigenvalue weighted by molar-refractivity contribution is 0.00475. The van der Waals surface area contributed by atoms with Crippen LogP contribution in [-0.4, -0.2) is 29.7 Å². The maximum atomic E-state index is 12.1. The van der Waals surface area contributed by atoms with Crippen LogP contribution in [0.1, 0.15) is 40.0 Å². The van der Waals surface area contributed by atoms with Gasteiger partial charge in [0.25, 0.3) is 0 Å². The molecule has 4 atom stereocenters. The van der Waals surface area contributed by atoms with Crippen LogP contribution in [0.5, 0.6) is 0 Å². The van der Waals surface area contributed by atoms with Crippen molar-refractivity contribution >= 4 is 6.09 Å². The second-order valence-electron chi connectivity index (χ2n) is 7.14. The monoisotopic (exact) mass is 237 g/mol. The predicted molar refractivity (Wildman–Crippen MR) is 65.6 cm³/mol. The molecular weight excluding hydrogens is 214 g/mol. The summed E-state index contributed by atoms with van der Waals surface area (Å²) in [5, 5.41) is 0. The molecule has 0 aromatic rings. The molecule has 3 aliphatic rings. The van der Waals surface area contributed by atoms with Gasteiger partial charge in [0.05, 0.1) is 0 Å². The van der Waals surface area contributed by atoms with Crippen molar-refractivity contribution in [2.75, 3.05) is 13.1 Å². The van der Waals surface area contributed by atoms with Gasteiger partial charge in [-0.1, -0.05) is 0 Å². The molecule has 1 heterocycles. The fraction of sp³-hybridized carbons (Fsp3) is 0.929. The van der Waals surface area contributed by atoms with Gasteiger partial charge in [-0.3, -0.25) is 0 Å². The third-order valence-corrected chi connectivity index (χ3v) is 4.64. The Balaban J connectivity index is 1.66. The molecule has 3 fully saturated rings. The minimum absolute atomic E-state index is 0.103. The lowest BCUT2D eigenvalue weighted by Crippen LogP contribution is -2.46. The Morgan fingerprint density at radius 2 is 1.88 bits per heavy atom. The standard InChI is InChI=1S/C14H23NO2/c1-14(2,3)17-13(16)15-7-9-4-10-6-11(8-15)12(10)5-9/h9-12H,4-8H2,1-3H3. The maximum Gasteiger partial charge on any atom is 0.410 e. The number of ether oxygens (including phenoxy) is 1. The highest BCUT2D eigenvalue weighted by atomic mass is 16.6. The number of nitrogens with zero attached hydrogens (tertiary/aromatic N) is 1. The molecule has 0 aromatic carbocycles.